The first-order valence-electron chi connectivity index (χ1n) is 2.94. The maximum absolute atomic E-state index is 10.3. The third-order valence-electron chi connectivity index (χ3n) is 1.12. The minimum absolute atomic E-state index is 0. The van der Waals surface area contributed by atoms with Crippen molar-refractivity contribution in [1.29, 1.82) is 0 Å². The predicted octanol–water partition coefficient (Wildman–Crippen LogP) is -0.0857. The van der Waals surface area contributed by atoms with E-state index < -0.39 is 12.0 Å². The van der Waals surface area contributed by atoms with Gasteiger partial charge in [0.25, 0.3) is 0 Å². The van der Waals surface area contributed by atoms with Gasteiger partial charge in [-0.25, -0.2) is 4.98 Å². The first kappa shape index (κ1) is 11.3. The van der Waals surface area contributed by atoms with E-state index in [2.05, 4.69) is 9.36 Å². The van der Waals surface area contributed by atoms with Crippen LogP contribution in [0.15, 0.2) is 6.33 Å². The highest BCUT2D eigenvalue weighted by atomic mass is 35.5. The molecule has 1 rings (SSSR count). The lowest BCUT2D eigenvalue weighted by atomic mass is 10.2. The fourth-order valence-electron chi connectivity index (χ4n) is 0.561. The van der Waals surface area contributed by atoms with Gasteiger partial charge in [0.05, 0.1) is 0 Å². The maximum Gasteiger partial charge on any atom is 0.320 e. The normalized spacial score (nSPS) is 11.8. The Hall–Kier alpha value is -0.720. The molecule has 0 fully saturated rings. The molecule has 0 saturated heterocycles. The molecule has 0 aromatic carbocycles. The Kier molecular flexibility index (Phi) is 4.72. The van der Waals surface area contributed by atoms with Crippen LogP contribution in [-0.4, -0.2) is 26.5 Å². The summed E-state index contributed by atoms with van der Waals surface area (Å²) in [4.78, 5) is 14.1. The molecule has 12 heavy (non-hydrogen) atoms. The summed E-state index contributed by atoms with van der Waals surface area (Å²) >= 11 is 1.16. The van der Waals surface area contributed by atoms with Gasteiger partial charge in [-0.2, -0.15) is 4.37 Å². The number of halogens is 1. The van der Waals surface area contributed by atoms with Gasteiger partial charge >= 0.3 is 5.97 Å². The van der Waals surface area contributed by atoms with E-state index in [4.69, 9.17) is 10.8 Å². The van der Waals surface area contributed by atoms with Crippen molar-refractivity contribution < 1.29 is 9.90 Å². The van der Waals surface area contributed by atoms with Crippen molar-refractivity contribution in [2.75, 3.05) is 0 Å². The van der Waals surface area contributed by atoms with Crippen LogP contribution in [-0.2, 0) is 11.2 Å². The van der Waals surface area contributed by atoms with E-state index in [0.717, 1.165) is 11.5 Å². The zero-order chi connectivity index (χ0) is 8.27. The highest BCUT2D eigenvalue weighted by Gasteiger charge is 2.13. The summed E-state index contributed by atoms with van der Waals surface area (Å²) < 4.78 is 3.72. The SMILES string of the molecule is Cl.NC(Cc1ncns1)C(=O)O. The highest BCUT2D eigenvalue weighted by Crippen LogP contribution is 2.02. The van der Waals surface area contributed by atoms with Crippen LogP contribution < -0.4 is 5.73 Å². The summed E-state index contributed by atoms with van der Waals surface area (Å²) in [6.45, 7) is 0. The van der Waals surface area contributed by atoms with Crippen molar-refractivity contribution in [1.82, 2.24) is 9.36 Å². The van der Waals surface area contributed by atoms with Gasteiger partial charge in [0, 0.05) is 6.42 Å². The number of carboxylic acids is 1. The Balaban J connectivity index is 0.00000121. The van der Waals surface area contributed by atoms with Gasteiger partial charge in [0.15, 0.2) is 0 Å². The quantitative estimate of drug-likeness (QED) is 0.727. The maximum atomic E-state index is 10.3. The second kappa shape index (κ2) is 5.02. The van der Waals surface area contributed by atoms with Crippen LogP contribution in [0.2, 0.25) is 0 Å². The summed E-state index contributed by atoms with van der Waals surface area (Å²) in [6, 6.07) is -0.872. The van der Waals surface area contributed by atoms with Crippen LogP contribution in [0.1, 0.15) is 5.01 Å². The molecule has 1 heterocycles. The van der Waals surface area contributed by atoms with Crippen molar-refractivity contribution in [3.8, 4) is 0 Å². The predicted molar refractivity (Wildman–Crippen MR) is 46.5 cm³/mol. The minimum Gasteiger partial charge on any atom is -0.480 e. The molecule has 1 unspecified atom stereocenters. The molecule has 7 heteroatoms. The first-order chi connectivity index (χ1) is 5.20. The Morgan fingerprint density at radius 3 is 2.92 bits per heavy atom. The van der Waals surface area contributed by atoms with Gasteiger partial charge in [-0.1, -0.05) is 0 Å². The number of hydrogen-bond acceptors (Lipinski definition) is 5. The number of rotatable bonds is 3. The molecule has 5 nitrogen and oxygen atoms in total. The van der Waals surface area contributed by atoms with Gasteiger partial charge in [-0.3, -0.25) is 4.79 Å². The minimum atomic E-state index is -1.01. The van der Waals surface area contributed by atoms with Crippen LogP contribution in [0.4, 0.5) is 0 Å². The smallest absolute Gasteiger partial charge is 0.320 e. The standard InChI is InChI=1S/C5H7N3O2S.ClH/c6-3(5(9)10)1-4-7-2-8-11-4;/h2-3H,1,6H2,(H,9,10);1H. The van der Waals surface area contributed by atoms with Crippen molar-refractivity contribution >= 4 is 29.9 Å². The van der Waals surface area contributed by atoms with Gasteiger partial charge < -0.3 is 10.8 Å². The topological polar surface area (TPSA) is 89.1 Å². The van der Waals surface area contributed by atoms with E-state index in [1.807, 2.05) is 0 Å². The van der Waals surface area contributed by atoms with Crippen LogP contribution in [0, 0.1) is 0 Å². The molecule has 1 atom stereocenters. The number of carbonyl (C=O) groups is 1. The number of aromatic nitrogens is 2. The van der Waals surface area contributed by atoms with Gasteiger partial charge in [0.1, 0.15) is 17.4 Å². The summed E-state index contributed by atoms with van der Waals surface area (Å²) in [5, 5.41) is 9.06. The number of nitrogens with two attached hydrogens (primary N) is 1. The Morgan fingerprint density at radius 2 is 2.50 bits per heavy atom. The third kappa shape index (κ3) is 3.12. The lowest BCUT2D eigenvalue weighted by Gasteiger charge is -2.00. The lowest BCUT2D eigenvalue weighted by molar-refractivity contribution is -0.138. The molecule has 68 valence electrons. The Labute approximate surface area is 79.2 Å². The number of nitrogens with zero attached hydrogens (tertiary/aromatic N) is 2. The van der Waals surface area contributed by atoms with Crippen molar-refractivity contribution in [3.05, 3.63) is 11.3 Å². The molecule has 0 aliphatic carbocycles. The summed E-state index contributed by atoms with van der Waals surface area (Å²) in [6.07, 6.45) is 1.63. The molecule has 1 aromatic rings. The van der Waals surface area contributed by atoms with Gasteiger partial charge in [-0.15, -0.1) is 12.4 Å². The second-order valence-corrected chi connectivity index (χ2v) is 2.85. The molecule has 0 amide bonds. The summed E-state index contributed by atoms with van der Waals surface area (Å²) in [7, 11) is 0. The zero-order valence-corrected chi connectivity index (χ0v) is 7.64. The Morgan fingerprint density at radius 1 is 1.83 bits per heavy atom. The van der Waals surface area contributed by atoms with E-state index in [9.17, 15) is 4.79 Å². The van der Waals surface area contributed by atoms with Crippen molar-refractivity contribution in [2.24, 2.45) is 5.73 Å². The van der Waals surface area contributed by atoms with Gasteiger partial charge in [0.2, 0.25) is 0 Å². The number of carboxylic acid groups (broad SMARTS) is 1. The molecular formula is C5H8ClN3O2S. The molecule has 0 aliphatic heterocycles. The molecule has 1 aromatic heterocycles. The largest absolute Gasteiger partial charge is 0.480 e. The van der Waals surface area contributed by atoms with Crippen LogP contribution in [0.3, 0.4) is 0 Å². The molecule has 0 aliphatic rings. The average molecular weight is 210 g/mol. The van der Waals surface area contributed by atoms with Crippen LogP contribution >= 0.6 is 23.9 Å². The molecule has 0 radical (unpaired) electrons. The number of hydrogen-bond donors (Lipinski definition) is 2. The first-order valence-corrected chi connectivity index (χ1v) is 3.71. The molecule has 0 bridgehead atoms. The number of aliphatic carboxylic acids is 1. The fraction of sp³-hybridized carbons (Fsp3) is 0.400. The monoisotopic (exact) mass is 209 g/mol. The summed E-state index contributed by atoms with van der Waals surface area (Å²) in [5.74, 6) is -1.01. The van der Waals surface area contributed by atoms with E-state index in [-0.39, 0.29) is 18.8 Å². The van der Waals surface area contributed by atoms with Crippen molar-refractivity contribution in [2.45, 2.75) is 12.5 Å². The molecule has 3 N–H and O–H groups in total. The lowest BCUT2D eigenvalue weighted by Crippen LogP contribution is -2.32. The van der Waals surface area contributed by atoms with E-state index in [1.54, 1.807) is 0 Å². The average Bonchev–Trinajstić information content (AvgIpc) is 2.39. The van der Waals surface area contributed by atoms with E-state index in [1.165, 1.54) is 6.33 Å². The van der Waals surface area contributed by atoms with E-state index in [0.29, 0.717) is 5.01 Å². The molecule has 0 spiro atoms. The molecule has 0 saturated carbocycles. The summed E-state index contributed by atoms with van der Waals surface area (Å²) in [5.41, 5.74) is 5.25. The zero-order valence-electron chi connectivity index (χ0n) is 6.01. The van der Waals surface area contributed by atoms with Crippen molar-refractivity contribution in [3.63, 3.8) is 0 Å². The van der Waals surface area contributed by atoms with Crippen LogP contribution in [0.25, 0.3) is 0 Å². The third-order valence-corrected chi connectivity index (χ3v) is 1.80. The second-order valence-electron chi connectivity index (χ2n) is 1.98. The Bertz CT molecular complexity index is 241. The van der Waals surface area contributed by atoms with Crippen LogP contribution in [0.5, 0.6) is 0 Å². The fourth-order valence-corrected chi connectivity index (χ4v) is 1.13. The van der Waals surface area contributed by atoms with Gasteiger partial charge in [-0.05, 0) is 11.5 Å². The highest BCUT2D eigenvalue weighted by molar-refractivity contribution is 7.05. The van der Waals surface area contributed by atoms with E-state index >= 15 is 0 Å². The molecular weight excluding hydrogens is 202 g/mol.